The lowest BCUT2D eigenvalue weighted by molar-refractivity contribution is -0.130. The molecule has 0 aliphatic carbocycles. The van der Waals surface area contributed by atoms with E-state index in [1.807, 2.05) is 0 Å². The second-order valence-electron chi connectivity index (χ2n) is 3.08. The highest BCUT2D eigenvalue weighted by Gasteiger charge is 2.27. The fourth-order valence-corrected chi connectivity index (χ4v) is 1.53. The van der Waals surface area contributed by atoms with E-state index in [1.54, 1.807) is 19.0 Å². The van der Waals surface area contributed by atoms with Crippen LogP contribution in [0.25, 0.3) is 0 Å². The van der Waals surface area contributed by atoms with Crippen molar-refractivity contribution in [3.63, 3.8) is 0 Å². The van der Waals surface area contributed by atoms with Gasteiger partial charge in [-0.1, -0.05) is 0 Å². The summed E-state index contributed by atoms with van der Waals surface area (Å²) >= 11 is 4.28. The van der Waals surface area contributed by atoms with Gasteiger partial charge in [0.2, 0.25) is 5.91 Å². The summed E-state index contributed by atoms with van der Waals surface area (Å²) in [6.45, 7) is 0.841. The molecule has 0 radical (unpaired) electrons. The molecule has 0 spiro atoms. The van der Waals surface area contributed by atoms with E-state index in [0.717, 1.165) is 13.0 Å². The van der Waals surface area contributed by atoms with Crippen molar-refractivity contribution in [3.8, 4) is 0 Å². The van der Waals surface area contributed by atoms with Crippen molar-refractivity contribution in [2.45, 2.75) is 17.7 Å². The van der Waals surface area contributed by atoms with Gasteiger partial charge in [-0.25, -0.2) is 0 Å². The molecule has 0 aromatic heterocycles. The number of likely N-dealkylation sites (N-methyl/N-ethyl adjacent to an activating group) is 1. The van der Waals surface area contributed by atoms with Crippen molar-refractivity contribution in [3.05, 3.63) is 0 Å². The summed E-state index contributed by atoms with van der Waals surface area (Å²) in [4.78, 5) is 12.9. The Labute approximate surface area is 72.5 Å². The first-order valence-corrected chi connectivity index (χ1v) is 4.25. The molecule has 2 atom stereocenters. The SMILES string of the molecule is CN(C)C(=O)C1CC(S)CN1. The van der Waals surface area contributed by atoms with Gasteiger partial charge < -0.3 is 10.2 Å². The summed E-state index contributed by atoms with van der Waals surface area (Å²) in [5, 5.41) is 3.46. The van der Waals surface area contributed by atoms with Crippen molar-refractivity contribution >= 4 is 18.5 Å². The van der Waals surface area contributed by atoms with Crippen LogP contribution < -0.4 is 5.32 Å². The molecule has 1 saturated heterocycles. The Morgan fingerprint density at radius 2 is 2.27 bits per heavy atom. The Morgan fingerprint density at radius 3 is 2.64 bits per heavy atom. The molecule has 0 aromatic rings. The number of hydrogen-bond donors (Lipinski definition) is 2. The van der Waals surface area contributed by atoms with Gasteiger partial charge in [0.25, 0.3) is 0 Å². The first kappa shape index (κ1) is 8.87. The number of hydrogen-bond acceptors (Lipinski definition) is 3. The van der Waals surface area contributed by atoms with Crippen molar-refractivity contribution < 1.29 is 4.79 Å². The Kier molecular flexibility index (Phi) is 2.78. The molecule has 1 rings (SSSR count). The minimum atomic E-state index is -0.00694. The summed E-state index contributed by atoms with van der Waals surface area (Å²) < 4.78 is 0. The smallest absolute Gasteiger partial charge is 0.239 e. The minimum Gasteiger partial charge on any atom is -0.347 e. The van der Waals surface area contributed by atoms with E-state index in [1.165, 1.54) is 0 Å². The number of rotatable bonds is 1. The monoisotopic (exact) mass is 174 g/mol. The molecule has 0 aromatic carbocycles. The van der Waals surface area contributed by atoms with Crippen LogP contribution in [0.1, 0.15) is 6.42 Å². The third-order valence-electron chi connectivity index (χ3n) is 1.85. The van der Waals surface area contributed by atoms with Crippen LogP contribution in [0.5, 0.6) is 0 Å². The van der Waals surface area contributed by atoms with Gasteiger partial charge in [0.05, 0.1) is 6.04 Å². The summed E-state index contributed by atoms with van der Waals surface area (Å²) in [6, 6.07) is -0.00694. The third-order valence-corrected chi connectivity index (χ3v) is 2.24. The lowest BCUT2D eigenvalue weighted by Crippen LogP contribution is -2.39. The Balaban J connectivity index is 2.43. The van der Waals surface area contributed by atoms with Gasteiger partial charge in [-0.2, -0.15) is 12.6 Å². The Bertz CT molecular complexity index is 161. The fraction of sp³-hybridized carbons (Fsp3) is 0.857. The van der Waals surface area contributed by atoms with Gasteiger partial charge >= 0.3 is 0 Å². The van der Waals surface area contributed by atoms with E-state index in [9.17, 15) is 4.79 Å². The topological polar surface area (TPSA) is 32.3 Å². The molecule has 2 unspecified atom stereocenters. The molecule has 1 fully saturated rings. The van der Waals surface area contributed by atoms with Crippen LogP contribution in [-0.4, -0.2) is 42.7 Å². The minimum absolute atomic E-state index is 0.00694. The van der Waals surface area contributed by atoms with E-state index < -0.39 is 0 Å². The first-order valence-electron chi connectivity index (χ1n) is 3.74. The molecule has 1 heterocycles. The third kappa shape index (κ3) is 2.10. The number of amides is 1. The zero-order chi connectivity index (χ0) is 8.43. The van der Waals surface area contributed by atoms with Gasteiger partial charge in [-0.05, 0) is 6.42 Å². The zero-order valence-corrected chi connectivity index (χ0v) is 7.77. The number of nitrogens with one attached hydrogen (secondary N) is 1. The molecular weight excluding hydrogens is 160 g/mol. The summed E-state index contributed by atoms with van der Waals surface area (Å²) in [5.41, 5.74) is 0. The van der Waals surface area contributed by atoms with Gasteiger partial charge in [0, 0.05) is 25.9 Å². The highest BCUT2D eigenvalue weighted by Crippen LogP contribution is 2.12. The van der Waals surface area contributed by atoms with Crippen LogP contribution in [0.3, 0.4) is 0 Å². The highest BCUT2D eigenvalue weighted by atomic mass is 32.1. The zero-order valence-electron chi connectivity index (χ0n) is 6.87. The lowest BCUT2D eigenvalue weighted by Gasteiger charge is -2.15. The number of carbonyl (C=O) groups is 1. The maximum atomic E-state index is 11.3. The van der Waals surface area contributed by atoms with Crippen LogP contribution in [-0.2, 0) is 4.79 Å². The largest absolute Gasteiger partial charge is 0.347 e. The number of thiol groups is 1. The molecule has 0 bridgehead atoms. The normalized spacial score (nSPS) is 30.5. The van der Waals surface area contributed by atoms with E-state index in [0.29, 0.717) is 5.25 Å². The molecule has 1 N–H and O–H groups in total. The highest BCUT2D eigenvalue weighted by molar-refractivity contribution is 7.81. The van der Waals surface area contributed by atoms with E-state index in [2.05, 4.69) is 17.9 Å². The number of carbonyl (C=O) groups excluding carboxylic acids is 1. The molecular formula is C7H14N2OS. The van der Waals surface area contributed by atoms with Crippen molar-refractivity contribution in [1.82, 2.24) is 10.2 Å². The fourth-order valence-electron chi connectivity index (χ4n) is 1.22. The lowest BCUT2D eigenvalue weighted by atomic mass is 10.2. The van der Waals surface area contributed by atoms with Crippen LogP contribution in [0, 0.1) is 0 Å². The van der Waals surface area contributed by atoms with Gasteiger partial charge in [0.1, 0.15) is 0 Å². The average molecular weight is 174 g/mol. The van der Waals surface area contributed by atoms with Crippen LogP contribution >= 0.6 is 12.6 Å². The predicted molar refractivity (Wildman–Crippen MR) is 47.9 cm³/mol. The molecule has 11 heavy (non-hydrogen) atoms. The first-order chi connectivity index (χ1) is 5.11. The van der Waals surface area contributed by atoms with Gasteiger partial charge in [0.15, 0.2) is 0 Å². The summed E-state index contributed by atoms with van der Waals surface area (Å²) in [6.07, 6.45) is 0.847. The van der Waals surface area contributed by atoms with E-state index in [4.69, 9.17) is 0 Å². The van der Waals surface area contributed by atoms with E-state index in [-0.39, 0.29) is 11.9 Å². The molecule has 0 saturated carbocycles. The molecule has 1 aliphatic heterocycles. The molecule has 64 valence electrons. The van der Waals surface area contributed by atoms with Crippen LogP contribution in [0.15, 0.2) is 0 Å². The Hall–Kier alpha value is -0.220. The molecule has 1 amide bonds. The van der Waals surface area contributed by atoms with Crippen LogP contribution in [0.4, 0.5) is 0 Å². The van der Waals surface area contributed by atoms with Crippen molar-refractivity contribution in [2.24, 2.45) is 0 Å². The van der Waals surface area contributed by atoms with Gasteiger partial charge in [-0.15, -0.1) is 0 Å². The summed E-state index contributed by atoms with van der Waals surface area (Å²) in [7, 11) is 3.55. The van der Waals surface area contributed by atoms with E-state index >= 15 is 0 Å². The van der Waals surface area contributed by atoms with Crippen molar-refractivity contribution in [1.29, 1.82) is 0 Å². The maximum absolute atomic E-state index is 11.3. The van der Waals surface area contributed by atoms with Gasteiger partial charge in [-0.3, -0.25) is 4.79 Å². The quantitative estimate of drug-likeness (QED) is 0.537. The Morgan fingerprint density at radius 1 is 1.64 bits per heavy atom. The second-order valence-corrected chi connectivity index (χ2v) is 3.81. The standard InChI is InChI=1S/C7H14N2OS/c1-9(2)7(10)6-3-5(11)4-8-6/h5-6,8,11H,3-4H2,1-2H3. The average Bonchev–Trinajstić information content (AvgIpc) is 2.34. The maximum Gasteiger partial charge on any atom is 0.239 e. The molecule has 4 heteroatoms. The second kappa shape index (κ2) is 3.45. The van der Waals surface area contributed by atoms with Crippen molar-refractivity contribution in [2.75, 3.05) is 20.6 Å². The molecule has 3 nitrogen and oxygen atoms in total. The number of nitrogens with zero attached hydrogens (tertiary/aromatic N) is 1. The summed E-state index contributed by atoms with van der Waals surface area (Å²) in [5.74, 6) is 0.154. The van der Waals surface area contributed by atoms with Crippen LogP contribution in [0.2, 0.25) is 0 Å². The molecule has 1 aliphatic rings. The predicted octanol–water partition coefficient (Wildman–Crippen LogP) is -0.265.